The first-order valence-corrected chi connectivity index (χ1v) is 10.1. The van der Waals surface area contributed by atoms with E-state index < -0.39 is 10.8 Å². The van der Waals surface area contributed by atoms with Crippen LogP contribution in [0.15, 0.2) is 36.4 Å². The number of aryl methyl sites for hydroxylation is 2. The summed E-state index contributed by atoms with van der Waals surface area (Å²) in [4.78, 5) is 14.4. The van der Waals surface area contributed by atoms with Crippen molar-refractivity contribution < 1.29 is 22.9 Å². The first kappa shape index (κ1) is 20.8. The molecule has 144 valence electrons. The molecule has 0 saturated heterocycles. The molecule has 0 amide bonds. The number of carbonyl (C=O) groups excluding carboxylic acids is 1. The average Bonchev–Trinajstić information content (AvgIpc) is 2.99. The van der Waals surface area contributed by atoms with Gasteiger partial charge in [-0.2, -0.15) is 0 Å². The van der Waals surface area contributed by atoms with Crippen LogP contribution in [0.1, 0.15) is 23.7 Å². The lowest BCUT2D eigenvalue weighted by molar-refractivity contribution is -0.165. The molecule has 3 aromatic rings. The van der Waals surface area contributed by atoms with Gasteiger partial charge < -0.3 is 4.98 Å². The van der Waals surface area contributed by atoms with Gasteiger partial charge in [-0.3, -0.25) is 13.9 Å². The first-order valence-electron chi connectivity index (χ1n) is 8.32. The number of halogens is 2. The summed E-state index contributed by atoms with van der Waals surface area (Å²) in [5.41, 5.74) is 5.81. The third kappa shape index (κ3) is 4.80. The van der Waals surface area contributed by atoms with Crippen LogP contribution in [0, 0.1) is 12.7 Å². The number of H-pyrrole nitrogens is 1. The van der Waals surface area contributed by atoms with Crippen molar-refractivity contribution in [1.82, 2.24) is 4.98 Å². The van der Waals surface area contributed by atoms with Crippen LogP contribution in [0.3, 0.4) is 0 Å². The second-order valence-electron chi connectivity index (χ2n) is 6.03. The van der Waals surface area contributed by atoms with Crippen LogP contribution in [0.2, 0.25) is 0 Å². The summed E-state index contributed by atoms with van der Waals surface area (Å²) in [5.74, 6) is -0.0445. The van der Waals surface area contributed by atoms with Crippen LogP contribution in [0.25, 0.3) is 22.0 Å². The van der Waals surface area contributed by atoms with E-state index in [1.165, 1.54) is 5.56 Å². The number of hydrogen-bond acceptors (Lipinski definition) is 3. The van der Waals surface area contributed by atoms with E-state index in [-0.39, 0.29) is 18.0 Å². The molecule has 0 radical (unpaired) electrons. The van der Waals surface area contributed by atoms with Gasteiger partial charge in [0.15, 0.2) is 0 Å². The summed E-state index contributed by atoms with van der Waals surface area (Å²) >= 11 is 0. The molecule has 0 fully saturated rings. The van der Waals surface area contributed by atoms with Crippen molar-refractivity contribution in [3.8, 4) is 11.1 Å². The summed E-state index contributed by atoms with van der Waals surface area (Å²) < 4.78 is 35.5. The van der Waals surface area contributed by atoms with Crippen molar-refractivity contribution in [2.45, 2.75) is 26.0 Å². The maximum atomic E-state index is 14.3. The maximum Gasteiger partial charge on any atom is 0.337 e. The third-order valence-corrected chi connectivity index (χ3v) is 4.94. The zero-order chi connectivity index (χ0) is 20.0. The summed E-state index contributed by atoms with van der Waals surface area (Å²) in [6.45, 7) is 3.85. The van der Waals surface area contributed by atoms with Gasteiger partial charge in [0.05, 0.1) is 5.75 Å². The molecule has 27 heavy (non-hydrogen) atoms. The number of para-hydroxylation sites is 1. The number of aromatic nitrogens is 1. The Kier molecular flexibility index (Phi) is 7.24. The molecule has 1 atom stereocenters. The summed E-state index contributed by atoms with van der Waals surface area (Å²) in [5, 5.41) is 1.12. The van der Waals surface area contributed by atoms with Gasteiger partial charge in [0.25, 0.3) is 0 Å². The Hall–Kier alpha value is -2.54. The van der Waals surface area contributed by atoms with E-state index in [4.69, 9.17) is 4.79 Å². The average molecular weight is 393 g/mol. The van der Waals surface area contributed by atoms with Crippen LogP contribution in [-0.4, -0.2) is 21.9 Å². The van der Waals surface area contributed by atoms with Crippen LogP contribution >= 0.6 is 0 Å². The summed E-state index contributed by atoms with van der Waals surface area (Å²) in [6, 6.07) is 11.4. The highest BCUT2D eigenvalue weighted by atomic mass is 32.2. The van der Waals surface area contributed by atoms with E-state index in [0.717, 1.165) is 34.1 Å². The van der Waals surface area contributed by atoms with E-state index in [0.29, 0.717) is 5.56 Å². The number of carbonyl (C=O) groups is 1. The molecule has 4 nitrogen and oxygen atoms in total. The Labute approximate surface area is 158 Å². The van der Waals surface area contributed by atoms with E-state index in [9.17, 15) is 13.1 Å². The molecule has 3 rings (SSSR count). The Morgan fingerprint density at radius 2 is 1.93 bits per heavy atom. The summed E-state index contributed by atoms with van der Waals surface area (Å²) in [7, 11) is -1.05. The van der Waals surface area contributed by atoms with E-state index >= 15 is 0 Å². The zero-order valence-corrected chi connectivity index (χ0v) is 16.2. The zero-order valence-electron chi connectivity index (χ0n) is 15.3. The fourth-order valence-corrected chi connectivity index (χ4v) is 3.79. The quantitative estimate of drug-likeness (QED) is 0.636. The second kappa shape index (κ2) is 9.41. The molecule has 0 aliphatic heterocycles. The van der Waals surface area contributed by atoms with Crippen LogP contribution in [0.4, 0.5) is 8.92 Å². The van der Waals surface area contributed by atoms with Crippen molar-refractivity contribution in [2.75, 3.05) is 6.26 Å². The molecule has 0 aliphatic carbocycles. The summed E-state index contributed by atoms with van der Waals surface area (Å²) in [6.07, 6.45) is 2.54. The van der Waals surface area contributed by atoms with E-state index in [1.807, 2.05) is 19.1 Å². The minimum absolute atomic E-state index is 0.249. The van der Waals surface area contributed by atoms with Gasteiger partial charge >= 0.3 is 6.47 Å². The monoisotopic (exact) mass is 393 g/mol. The Bertz CT molecular complexity index is 969. The van der Waals surface area contributed by atoms with Gasteiger partial charge in [-0.25, -0.2) is 4.39 Å². The standard InChI is InChI=1S/C19H20FNOS.CHFO2/c1-4-13-6-5-7-16-18(12(2)21-19(13)16)14-8-9-15(11-23(3)22)17(20)10-14;2-4-1-3/h5-10,21H,4,11H2,1-3H3;1H. The molecule has 0 saturated carbocycles. The Balaban J connectivity index is 0.000000596. The van der Waals surface area contributed by atoms with Gasteiger partial charge in [0.2, 0.25) is 0 Å². The highest BCUT2D eigenvalue weighted by molar-refractivity contribution is 7.83. The highest BCUT2D eigenvalue weighted by Gasteiger charge is 2.14. The molecular formula is C20H21F2NO3S. The van der Waals surface area contributed by atoms with Crippen molar-refractivity contribution in [2.24, 2.45) is 0 Å². The lowest BCUT2D eigenvalue weighted by Crippen LogP contribution is -1.96. The molecule has 7 heteroatoms. The minimum Gasteiger partial charge on any atom is -0.358 e. The number of benzene rings is 2. The van der Waals surface area contributed by atoms with Crippen LogP contribution < -0.4 is 0 Å². The predicted octanol–water partition coefficient (Wildman–Crippen LogP) is 4.77. The molecule has 0 bridgehead atoms. The van der Waals surface area contributed by atoms with Gasteiger partial charge in [0.1, 0.15) is 5.82 Å². The SMILES string of the molecule is CCc1cccc2c(-c3ccc(CS(C)=O)c(F)c3)c(C)[nH]c12.O=COF. The number of rotatable bonds is 5. The molecule has 1 N–H and O–H groups in total. The number of fused-ring (bicyclic) bond motifs is 1. The number of nitrogens with one attached hydrogen (secondary N) is 1. The fourth-order valence-electron chi connectivity index (χ4n) is 3.11. The van der Waals surface area contributed by atoms with E-state index in [2.05, 4.69) is 29.0 Å². The highest BCUT2D eigenvalue weighted by Crippen LogP contribution is 2.34. The smallest absolute Gasteiger partial charge is 0.337 e. The number of aromatic amines is 1. The minimum atomic E-state index is -1.05. The molecule has 1 heterocycles. The molecule has 2 aromatic carbocycles. The van der Waals surface area contributed by atoms with Crippen molar-refractivity contribution in [3.05, 3.63) is 59.0 Å². The largest absolute Gasteiger partial charge is 0.358 e. The molecule has 0 aliphatic rings. The Morgan fingerprint density at radius 1 is 1.22 bits per heavy atom. The van der Waals surface area contributed by atoms with Gasteiger partial charge in [-0.15, -0.1) is 0 Å². The van der Waals surface area contributed by atoms with Gasteiger partial charge in [-0.1, -0.05) is 37.3 Å². The normalized spacial score (nSPS) is 11.6. The molecule has 1 unspecified atom stereocenters. The molecule has 0 spiro atoms. The Morgan fingerprint density at radius 3 is 2.48 bits per heavy atom. The van der Waals surface area contributed by atoms with Gasteiger partial charge in [0, 0.05) is 49.3 Å². The molecule has 1 aromatic heterocycles. The maximum absolute atomic E-state index is 14.3. The lowest BCUT2D eigenvalue weighted by Gasteiger charge is -2.06. The van der Waals surface area contributed by atoms with Crippen LogP contribution in [0.5, 0.6) is 0 Å². The van der Waals surface area contributed by atoms with E-state index in [1.54, 1.807) is 18.4 Å². The third-order valence-electron chi connectivity index (χ3n) is 4.23. The van der Waals surface area contributed by atoms with Crippen molar-refractivity contribution in [3.63, 3.8) is 0 Å². The van der Waals surface area contributed by atoms with Crippen molar-refractivity contribution in [1.29, 1.82) is 0 Å². The molecular weight excluding hydrogens is 372 g/mol. The fraction of sp³-hybridized carbons (Fsp3) is 0.250. The second-order valence-corrected chi connectivity index (χ2v) is 7.46. The van der Waals surface area contributed by atoms with Gasteiger partial charge in [-0.05, 0) is 30.5 Å². The predicted molar refractivity (Wildman–Crippen MR) is 104 cm³/mol. The topological polar surface area (TPSA) is 59.2 Å². The number of hydrogen-bond donors (Lipinski definition) is 1. The lowest BCUT2D eigenvalue weighted by atomic mass is 9.99. The van der Waals surface area contributed by atoms with Crippen molar-refractivity contribution >= 4 is 28.2 Å². The van der Waals surface area contributed by atoms with Crippen LogP contribution in [-0.2, 0) is 32.7 Å². The first-order chi connectivity index (χ1) is 12.9.